The van der Waals surface area contributed by atoms with Gasteiger partial charge in [0.1, 0.15) is 12.4 Å². The summed E-state index contributed by atoms with van der Waals surface area (Å²) in [6, 6.07) is 22.5. The molecular weight excluding hydrogens is 450 g/mol. The summed E-state index contributed by atoms with van der Waals surface area (Å²) in [5.41, 5.74) is 2.38. The summed E-state index contributed by atoms with van der Waals surface area (Å²) >= 11 is 0. The van der Waals surface area contributed by atoms with Gasteiger partial charge in [0.15, 0.2) is 11.5 Å². The highest BCUT2D eigenvalue weighted by molar-refractivity contribution is 6.27. The molecule has 1 fully saturated rings. The zero-order valence-corrected chi connectivity index (χ0v) is 19.5. The number of pyridine rings is 1. The van der Waals surface area contributed by atoms with Crippen LogP contribution in [0.2, 0.25) is 0 Å². The third-order valence-electron chi connectivity index (χ3n) is 5.40. The number of methoxy groups -OCH3 is 1. The fourth-order valence-corrected chi connectivity index (χ4v) is 3.60. The molecule has 0 bridgehead atoms. The van der Waals surface area contributed by atoms with Crippen LogP contribution in [-0.2, 0) is 22.7 Å². The van der Waals surface area contributed by atoms with Crippen molar-refractivity contribution in [3.8, 4) is 11.5 Å². The van der Waals surface area contributed by atoms with E-state index in [-0.39, 0.29) is 0 Å². The van der Waals surface area contributed by atoms with Gasteiger partial charge in [-0.25, -0.2) is 14.6 Å². The summed E-state index contributed by atoms with van der Waals surface area (Å²) in [6.07, 6.45) is 1.86. The molecular formula is C26H29N3O6. The van der Waals surface area contributed by atoms with Crippen LogP contribution in [-0.4, -0.2) is 65.3 Å². The predicted molar refractivity (Wildman–Crippen MR) is 131 cm³/mol. The lowest BCUT2D eigenvalue weighted by molar-refractivity contribution is -0.159. The van der Waals surface area contributed by atoms with Crippen molar-refractivity contribution in [3.05, 3.63) is 84.1 Å². The first kappa shape index (κ1) is 25.5. The van der Waals surface area contributed by atoms with E-state index in [2.05, 4.69) is 45.1 Å². The molecule has 1 aromatic heterocycles. The summed E-state index contributed by atoms with van der Waals surface area (Å²) in [4.78, 5) is 27.5. The maximum absolute atomic E-state index is 9.10. The van der Waals surface area contributed by atoms with E-state index in [0.717, 1.165) is 55.6 Å². The Morgan fingerprint density at radius 1 is 0.857 bits per heavy atom. The molecule has 0 radical (unpaired) electrons. The minimum absolute atomic E-state index is 0.531. The van der Waals surface area contributed by atoms with Crippen molar-refractivity contribution in [2.75, 3.05) is 38.2 Å². The topological polar surface area (TPSA) is 112 Å². The Morgan fingerprint density at radius 2 is 1.54 bits per heavy atom. The molecule has 184 valence electrons. The highest BCUT2D eigenvalue weighted by Gasteiger charge is 2.18. The third kappa shape index (κ3) is 8.01. The Bertz CT molecular complexity index is 1070. The van der Waals surface area contributed by atoms with Crippen LogP contribution in [0.15, 0.2) is 72.9 Å². The molecule has 0 amide bonds. The molecule has 4 rings (SSSR count). The number of nitrogens with zero attached hydrogens (tertiary/aromatic N) is 3. The Balaban J connectivity index is 0.000000509. The van der Waals surface area contributed by atoms with Gasteiger partial charge in [-0.3, -0.25) is 4.90 Å². The van der Waals surface area contributed by atoms with Crippen LogP contribution in [0.1, 0.15) is 11.1 Å². The molecule has 3 aromatic rings. The molecule has 0 spiro atoms. The van der Waals surface area contributed by atoms with Crippen molar-refractivity contribution >= 4 is 17.8 Å². The summed E-state index contributed by atoms with van der Waals surface area (Å²) in [6.45, 7) is 5.45. The molecule has 0 unspecified atom stereocenters. The van der Waals surface area contributed by atoms with E-state index in [1.807, 2.05) is 42.6 Å². The minimum atomic E-state index is -1.82. The number of rotatable bonds is 7. The minimum Gasteiger partial charge on any atom is -0.493 e. The second-order valence-electron chi connectivity index (χ2n) is 7.82. The number of aliphatic carboxylic acids is 2. The van der Waals surface area contributed by atoms with E-state index in [1.165, 1.54) is 5.56 Å². The molecule has 2 heterocycles. The SMILES string of the molecule is COc1ccc(CN2CCN(c3ccccn3)CC2)cc1OCc1ccccc1.O=C(O)C(=O)O. The average Bonchev–Trinajstić information content (AvgIpc) is 2.89. The van der Waals surface area contributed by atoms with Gasteiger partial charge in [0, 0.05) is 38.9 Å². The highest BCUT2D eigenvalue weighted by atomic mass is 16.5. The van der Waals surface area contributed by atoms with E-state index in [4.69, 9.17) is 29.3 Å². The molecule has 0 aliphatic carbocycles. The lowest BCUT2D eigenvalue weighted by atomic mass is 10.1. The van der Waals surface area contributed by atoms with E-state index in [0.29, 0.717) is 6.61 Å². The van der Waals surface area contributed by atoms with Crippen LogP contribution < -0.4 is 14.4 Å². The van der Waals surface area contributed by atoms with Crippen molar-refractivity contribution in [1.29, 1.82) is 0 Å². The monoisotopic (exact) mass is 479 g/mol. The standard InChI is InChI=1S/C24H27N3O2.C2H2O4/c1-28-22-11-10-21(17-23(22)29-19-20-7-3-2-4-8-20)18-26-13-15-27(16-14-26)24-9-5-6-12-25-24;3-1(4)2(5)6/h2-12,17H,13-16,18-19H2,1H3;(H,3,4)(H,5,6). The van der Waals surface area contributed by atoms with Gasteiger partial charge in [-0.1, -0.05) is 42.5 Å². The molecule has 2 aromatic carbocycles. The number of hydrogen-bond acceptors (Lipinski definition) is 7. The van der Waals surface area contributed by atoms with Gasteiger partial charge < -0.3 is 24.6 Å². The van der Waals surface area contributed by atoms with Crippen LogP contribution in [0.25, 0.3) is 0 Å². The summed E-state index contributed by atoms with van der Waals surface area (Å²) in [5, 5.41) is 14.8. The number of carboxylic acid groups (broad SMARTS) is 2. The third-order valence-corrected chi connectivity index (χ3v) is 5.40. The molecule has 1 aliphatic rings. The lowest BCUT2D eigenvalue weighted by Gasteiger charge is -2.35. The van der Waals surface area contributed by atoms with E-state index in [1.54, 1.807) is 7.11 Å². The molecule has 0 atom stereocenters. The van der Waals surface area contributed by atoms with Gasteiger partial charge in [0.2, 0.25) is 0 Å². The largest absolute Gasteiger partial charge is 0.493 e. The number of aromatic nitrogens is 1. The molecule has 2 N–H and O–H groups in total. The second kappa shape index (κ2) is 13.0. The zero-order chi connectivity index (χ0) is 25.0. The van der Waals surface area contributed by atoms with Crippen molar-refractivity contribution in [2.45, 2.75) is 13.2 Å². The van der Waals surface area contributed by atoms with E-state index in [9.17, 15) is 0 Å². The first-order valence-electron chi connectivity index (χ1n) is 11.1. The van der Waals surface area contributed by atoms with Crippen LogP contribution in [0.5, 0.6) is 11.5 Å². The highest BCUT2D eigenvalue weighted by Crippen LogP contribution is 2.29. The van der Waals surface area contributed by atoms with Crippen LogP contribution >= 0.6 is 0 Å². The van der Waals surface area contributed by atoms with Crippen LogP contribution in [0.4, 0.5) is 5.82 Å². The summed E-state index contributed by atoms with van der Waals surface area (Å²) < 4.78 is 11.5. The molecule has 9 heteroatoms. The maximum atomic E-state index is 9.10. The van der Waals surface area contributed by atoms with Gasteiger partial charge in [-0.15, -0.1) is 0 Å². The van der Waals surface area contributed by atoms with Gasteiger partial charge in [-0.05, 0) is 35.4 Å². The van der Waals surface area contributed by atoms with Crippen molar-refractivity contribution in [1.82, 2.24) is 9.88 Å². The lowest BCUT2D eigenvalue weighted by Crippen LogP contribution is -2.46. The van der Waals surface area contributed by atoms with E-state index < -0.39 is 11.9 Å². The quantitative estimate of drug-likeness (QED) is 0.494. The van der Waals surface area contributed by atoms with Crippen molar-refractivity contribution in [3.63, 3.8) is 0 Å². The smallest absolute Gasteiger partial charge is 0.414 e. The number of benzene rings is 2. The number of hydrogen-bond donors (Lipinski definition) is 2. The summed E-state index contributed by atoms with van der Waals surface area (Å²) in [5.74, 6) is -1.02. The van der Waals surface area contributed by atoms with Gasteiger partial charge in [0.25, 0.3) is 0 Å². The first-order valence-corrected chi connectivity index (χ1v) is 11.1. The number of ether oxygens (including phenoxy) is 2. The summed E-state index contributed by atoms with van der Waals surface area (Å²) in [7, 11) is 1.68. The Labute approximate surface area is 204 Å². The van der Waals surface area contributed by atoms with Crippen molar-refractivity contribution in [2.24, 2.45) is 0 Å². The normalized spacial score (nSPS) is 13.3. The first-order chi connectivity index (χ1) is 17.0. The Hall–Kier alpha value is -4.11. The molecule has 9 nitrogen and oxygen atoms in total. The molecule has 0 saturated carbocycles. The van der Waals surface area contributed by atoms with Crippen LogP contribution in [0, 0.1) is 0 Å². The van der Waals surface area contributed by atoms with Gasteiger partial charge in [0.05, 0.1) is 7.11 Å². The number of piperazine rings is 1. The Kier molecular flexibility index (Phi) is 9.44. The second-order valence-corrected chi connectivity index (χ2v) is 7.82. The number of carbonyl (C=O) groups is 2. The molecule has 1 aliphatic heterocycles. The zero-order valence-electron chi connectivity index (χ0n) is 19.5. The maximum Gasteiger partial charge on any atom is 0.414 e. The predicted octanol–water partition coefficient (Wildman–Crippen LogP) is 3.15. The van der Waals surface area contributed by atoms with Crippen molar-refractivity contribution < 1.29 is 29.3 Å². The van der Waals surface area contributed by atoms with E-state index >= 15 is 0 Å². The fraction of sp³-hybridized carbons (Fsp3) is 0.269. The Morgan fingerprint density at radius 3 is 2.14 bits per heavy atom. The van der Waals surface area contributed by atoms with Gasteiger partial charge >= 0.3 is 11.9 Å². The number of carboxylic acids is 2. The van der Waals surface area contributed by atoms with Crippen LogP contribution in [0.3, 0.4) is 0 Å². The molecule has 1 saturated heterocycles. The average molecular weight is 480 g/mol. The number of anilines is 1. The van der Waals surface area contributed by atoms with Gasteiger partial charge in [-0.2, -0.15) is 0 Å². The fourth-order valence-electron chi connectivity index (χ4n) is 3.60. The molecule has 35 heavy (non-hydrogen) atoms.